The molecular formula is C52H40N2. The average Bonchev–Trinajstić information content (AvgIpc) is 3.24. The van der Waals surface area contributed by atoms with Crippen LogP contribution in [0.25, 0.3) is 43.8 Å². The Morgan fingerprint density at radius 1 is 0.241 bits per heavy atom. The van der Waals surface area contributed by atoms with Gasteiger partial charge >= 0.3 is 0 Å². The molecule has 9 aromatic rings. The molecule has 0 N–H and O–H groups in total. The fourth-order valence-corrected chi connectivity index (χ4v) is 7.63. The topological polar surface area (TPSA) is 6.48 Å². The smallest absolute Gasteiger partial charge is 0.0788 e. The quantitative estimate of drug-likeness (QED) is 0.116. The molecule has 0 bridgehead atoms. The van der Waals surface area contributed by atoms with Crippen molar-refractivity contribution in [3.05, 3.63) is 217 Å². The van der Waals surface area contributed by atoms with E-state index in [1.807, 2.05) is 0 Å². The molecule has 0 fully saturated rings. The monoisotopic (exact) mass is 692 g/mol. The second-order valence-corrected chi connectivity index (χ2v) is 14.0. The van der Waals surface area contributed by atoms with Crippen LogP contribution in [0.15, 0.2) is 206 Å². The Morgan fingerprint density at radius 2 is 0.500 bits per heavy atom. The van der Waals surface area contributed by atoms with Crippen molar-refractivity contribution in [3.8, 4) is 22.3 Å². The Kier molecular flexibility index (Phi) is 8.70. The first-order valence-electron chi connectivity index (χ1n) is 18.6. The van der Waals surface area contributed by atoms with Crippen molar-refractivity contribution in [2.75, 3.05) is 9.80 Å². The Balaban J connectivity index is 1.36. The van der Waals surface area contributed by atoms with E-state index in [-0.39, 0.29) is 0 Å². The minimum atomic E-state index is 1.09. The zero-order valence-corrected chi connectivity index (χ0v) is 30.5. The van der Waals surface area contributed by atoms with Gasteiger partial charge in [-0.25, -0.2) is 0 Å². The van der Waals surface area contributed by atoms with Gasteiger partial charge in [-0.2, -0.15) is 0 Å². The van der Waals surface area contributed by atoms with E-state index in [2.05, 4.69) is 230 Å². The lowest BCUT2D eigenvalue weighted by Gasteiger charge is -2.35. The molecule has 0 heterocycles. The van der Waals surface area contributed by atoms with E-state index < -0.39 is 0 Å². The van der Waals surface area contributed by atoms with E-state index in [1.54, 1.807) is 0 Å². The third-order valence-corrected chi connectivity index (χ3v) is 10.4. The van der Waals surface area contributed by atoms with Crippen LogP contribution in [0.2, 0.25) is 0 Å². The molecule has 2 heteroatoms. The van der Waals surface area contributed by atoms with Crippen LogP contribution in [0.5, 0.6) is 0 Å². The fourth-order valence-electron chi connectivity index (χ4n) is 7.63. The van der Waals surface area contributed by atoms with E-state index in [1.165, 1.54) is 54.9 Å². The highest BCUT2D eigenvalue weighted by Gasteiger charge is 2.27. The Morgan fingerprint density at radius 3 is 0.833 bits per heavy atom. The summed E-state index contributed by atoms with van der Waals surface area (Å²) in [5, 5.41) is 4.79. The van der Waals surface area contributed by atoms with Crippen LogP contribution in [0, 0.1) is 13.8 Å². The van der Waals surface area contributed by atoms with Crippen LogP contribution in [0.1, 0.15) is 11.1 Å². The van der Waals surface area contributed by atoms with Crippen molar-refractivity contribution in [2.24, 2.45) is 0 Å². The van der Waals surface area contributed by atoms with Crippen molar-refractivity contribution in [1.82, 2.24) is 0 Å². The van der Waals surface area contributed by atoms with Gasteiger partial charge in [0.05, 0.1) is 11.4 Å². The maximum Gasteiger partial charge on any atom is 0.0788 e. The molecule has 0 atom stereocenters. The normalized spacial score (nSPS) is 11.1. The Bertz CT molecular complexity index is 2490. The number of hydrogen-bond donors (Lipinski definition) is 0. The highest BCUT2D eigenvalue weighted by atomic mass is 15.2. The highest BCUT2D eigenvalue weighted by molar-refractivity contribution is 6.23. The predicted molar refractivity (Wildman–Crippen MR) is 231 cm³/mol. The van der Waals surface area contributed by atoms with E-state index >= 15 is 0 Å². The first kappa shape index (κ1) is 33.0. The molecule has 9 aromatic carbocycles. The van der Waals surface area contributed by atoms with Gasteiger partial charge in [0, 0.05) is 33.5 Å². The van der Waals surface area contributed by atoms with Gasteiger partial charge in [0.15, 0.2) is 0 Å². The summed E-state index contributed by atoms with van der Waals surface area (Å²) >= 11 is 0. The largest absolute Gasteiger partial charge is 0.308 e. The van der Waals surface area contributed by atoms with E-state index in [9.17, 15) is 0 Å². The molecule has 0 aliphatic heterocycles. The molecule has 0 amide bonds. The molecule has 2 nitrogen and oxygen atoms in total. The van der Waals surface area contributed by atoms with Gasteiger partial charge in [-0.05, 0) is 95.4 Å². The number of anilines is 6. The van der Waals surface area contributed by atoms with E-state index in [0.29, 0.717) is 0 Å². The van der Waals surface area contributed by atoms with Gasteiger partial charge in [0.1, 0.15) is 0 Å². The number of aryl methyl sites for hydroxylation is 2. The van der Waals surface area contributed by atoms with Crippen molar-refractivity contribution < 1.29 is 0 Å². The average molecular weight is 693 g/mol. The SMILES string of the molecule is Cc1ccc(N(c2ccc(-c3ccccc3)cc2)c2c(N(c3ccc(C)cc3)c3ccc(-c4ccccc4)cc3)c3ccccc3c3ccccc23)cc1. The molecule has 0 unspecified atom stereocenters. The second-order valence-electron chi connectivity index (χ2n) is 14.0. The van der Waals surface area contributed by atoms with Crippen LogP contribution in [-0.4, -0.2) is 0 Å². The summed E-state index contributed by atoms with van der Waals surface area (Å²) < 4.78 is 0. The lowest BCUT2D eigenvalue weighted by molar-refractivity contribution is 1.24. The summed E-state index contributed by atoms with van der Waals surface area (Å²) in [6.07, 6.45) is 0. The van der Waals surface area contributed by atoms with Crippen LogP contribution in [0.3, 0.4) is 0 Å². The zero-order valence-electron chi connectivity index (χ0n) is 30.5. The number of nitrogens with zero attached hydrogens (tertiary/aromatic N) is 2. The summed E-state index contributed by atoms with van der Waals surface area (Å²) in [6, 6.07) is 74.8. The second kappa shape index (κ2) is 14.3. The summed E-state index contributed by atoms with van der Waals surface area (Å²) in [4.78, 5) is 4.91. The minimum Gasteiger partial charge on any atom is -0.308 e. The minimum absolute atomic E-state index is 1.09. The molecule has 9 rings (SSSR count). The summed E-state index contributed by atoms with van der Waals surface area (Å²) in [7, 11) is 0. The third kappa shape index (κ3) is 6.18. The van der Waals surface area contributed by atoms with Crippen LogP contribution >= 0.6 is 0 Å². The van der Waals surface area contributed by atoms with Crippen molar-refractivity contribution in [1.29, 1.82) is 0 Å². The van der Waals surface area contributed by atoms with Crippen molar-refractivity contribution in [3.63, 3.8) is 0 Å². The number of hydrogen-bond acceptors (Lipinski definition) is 2. The molecule has 0 spiro atoms. The van der Waals surface area contributed by atoms with Gasteiger partial charge in [0.2, 0.25) is 0 Å². The standard InChI is InChI=1S/C52H40N2/c1-37-21-29-43(30-22-37)53(45-33-25-41(26-34-45)39-13-5-3-6-14-39)51-49-19-11-9-17-47(49)48-18-10-12-20-50(48)52(51)54(44-31-23-38(2)24-32-44)46-35-27-42(28-36-46)40-15-7-4-8-16-40/h3-36H,1-2H3. The predicted octanol–water partition coefficient (Wildman–Crippen LogP) is 14.9. The van der Waals surface area contributed by atoms with E-state index in [4.69, 9.17) is 0 Å². The number of benzene rings is 9. The first-order chi connectivity index (χ1) is 26.6. The molecule has 258 valence electrons. The molecule has 54 heavy (non-hydrogen) atoms. The van der Waals surface area contributed by atoms with Crippen LogP contribution in [0.4, 0.5) is 34.1 Å². The van der Waals surface area contributed by atoms with Gasteiger partial charge in [-0.1, -0.05) is 169 Å². The van der Waals surface area contributed by atoms with Crippen molar-refractivity contribution >= 4 is 55.7 Å². The summed E-state index contributed by atoms with van der Waals surface area (Å²) in [6.45, 7) is 4.30. The van der Waals surface area contributed by atoms with Crippen LogP contribution in [-0.2, 0) is 0 Å². The van der Waals surface area contributed by atoms with Gasteiger partial charge in [-0.15, -0.1) is 0 Å². The molecule has 0 aromatic heterocycles. The van der Waals surface area contributed by atoms with Crippen LogP contribution < -0.4 is 9.80 Å². The van der Waals surface area contributed by atoms with Gasteiger partial charge < -0.3 is 9.80 Å². The zero-order chi connectivity index (χ0) is 36.4. The summed E-state index contributed by atoms with van der Waals surface area (Å²) in [5.41, 5.74) is 13.8. The first-order valence-corrected chi connectivity index (χ1v) is 18.6. The lowest BCUT2D eigenvalue weighted by atomic mass is 9.95. The van der Waals surface area contributed by atoms with E-state index in [0.717, 1.165) is 34.1 Å². The molecule has 0 saturated carbocycles. The number of rotatable bonds is 8. The molecule has 0 saturated heterocycles. The third-order valence-electron chi connectivity index (χ3n) is 10.4. The summed E-state index contributed by atoms with van der Waals surface area (Å²) in [5.74, 6) is 0. The Hall–Kier alpha value is -6.90. The highest BCUT2D eigenvalue weighted by Crippen LogP contribution is 2.53. The molecule has 0 aliphatic rings. The fraction of sp³-hybridized carbons (Fsp3) is 0.0385. The maximum atomic E-state index is 2.46. The molecular weight excluding hydrogens is 653 g/mol. The van der Waals surface area contributed by atoms with Gasteiger partial charge in [-0.3, -0.25) is 0 Å². The maximum absolute atomic E-state index is 2.46. The van der Waals surface area contributed by atoms with Crippen molar-refractivity contribution in [2.45, 2.75) is 13.8 Å². The molecule has 0 radical (unpaired) electrons. The Labute approximate surface area is 317 Å². The molecule has 0 aliphatic carbocycles. The number of fused-ring (bicyclic) bond motifs is 3. The lowest BCUT2D eigenvalue weighted by Crippen LogP contribution is -2.18. The van der Waals surface area contributed by atoms with Gasteiger partial charge in [0.25, 0.3) is 0 Å².